The zero-order chi connectivity index (χ0) is 9.30. The Labute approximate surface area is 106 Å². The molecule has 1 aromatic rings. The number of benzene rings is 1. The number of aromatic hydroxyl groups is 3. The van der Waals surface area contributed by atoms with E-state index in [0.29, 0.717) is 0 Å². The van der Waals surface area contributed by atoms with Gasteiger partial charge in [0.05, 0.1) is 5.56 Å². The normalized spacial score (nSPS) is 8.29. The van der Waals surface area contributed by atoms with Gasteiger partial charge in [-0.1, -0.05) is 0 Å². The van der Waals surface area contributed by atoms with Crippen molar-refractivity contribution in [1.82, 2.24) is 0 Å². The first-order chi connectivity index (χ1) is 5.52. The van der Waals surface area contributed by atoms with Crippen molar-refractivity contribution in [2.24, 2.45) is 0 Å². The Morgan fingerprint density at radius 1 is 1.14 bits per heavy atom. The number of hydrogen-bond acceptors (Lipinski definition) is 4. The van der Waals surface area contributed by atoms with Gasteiger partial charge in [-0.15, -0.1) is 0 Å². The standard InChI is InChI=1S/C7H6O5.Li.Zn.H/c8-4-1-3(7(11)12)2-5(9)6(4)10;;;/h1-2,8-10H,(H,11,12);;;/q;+1;;-1. The molecule has 0 unspecified atom stereocenters. The predicted molar refractivity (Wildman–Crippen MR) is 39.5 cm³/mol. The van der Waals surface area contributed by atoms with Gasteiger partial charge in [0, 0.05) is 19.5 Å². The van der Waals surface area contributed by atoms with E-state index in [0.717, 1.165) is 12.1 Å². The van der Waals surface area contributed by atoms with Crippen LogP contribution in [0.5, 0.6) is 17.2 Å². The largest absolute Gasteiger partial charge is 1.00 e. The van der Waals surface area contributed by atoms with Gasteiger partial charge < -0.3 is 21.9 Å². The number of carboxylic acid groups (broad SMARTS) is 1. The molecule has 0 amide bonds. The third-order valence-electron chi connectivity index (χ3n) is 1.32. The van der Waals surface area contributed by atoms with E-state index in [1.165, 1.54) is 0 Å². The zero-order valence-corrected chi connectivity index (χ0v) is 10.5. The van der Waals surface area contributed by atoms with E-state index in [2.05, 4.69) is 0 Å². The van der Waals surface area contributed by atoms with Crippen LogP contribution in [-0.4, -0.2) is 26.4 Å². The Morgan fingerprint density at radius 2 is 1.50 bits per heavy atom. The van der Waals surface area contributed by atoms with Crippen molar-refractivity contribution in [3.63, 3.8) is 0 Å². The van der Waals surface area contributed by atoms with E-state index in [9.17, 15) is 4.79 Å². The summed E-state index contributed by atoms with van der Waals surface area (Å²) in [6.07, 6.45) is 0. The number of phenolic OH excluding ortho intramolecular Hbond substituents is 3. The van der Waals surface area contributed by atoms with Crippen molar-refractivity contribution in [3.05, 3.63) is 17.7 Å². The third-order valence-corrected chi connectivity index (χ3v) is 1.32. The van der Waals surface area contributed by atoms with E-state index in [1.807, 2.05) is 0 Å². The van der Waals surface area contributed by atoms with E-state index < -0.39 is 23.2 Å². The maximum atomic E-state index is 10.3. The van der Waals surface area contributed by atoms with Crippen molar-refractivity contribution in [2.75, 3.05) is 0 Å². The van der Waals surface area contributed by atoms with Crippen LogP contribution in [0.2, 0.25) is 0 Å². The summed E-state index contributed by atoms with van der Waals surface area (Å²) in [5.74, 6) is -3.33. The molecular weight excluding hydrogens is 236 g/mol. The van der Waals surface area contributed by atoms with Crippen molar-refractivity contribution >= 4 is 5.97 Å². The fraction of sp³-hybridized carbons (Fsp3) is 0. The summed E-state index contributed by atoms with van der Waals surface area (Å²) in [7, 11) is 0. The van der Waals surface area contributed by atoms with Crippen molar-refractivity contribution in [2.45, 2.75) is 0 Å². The molecule has 0 aliphatic carbocycles. The monoisotopic (exact) mass is 242 g/mol. The number of rotatable bonds is 1. The summed E-state index contributed by atoms with van der Waals surface area (Å²) >= 11 is 0. The molecule has 5 nitrogen and oxygen atoms in total. The fourth-order valence-electron chi connectivity index (χ4n) is 0.728. The van der Waals surface area contributed by atoms with E-state index in [1.54, 1.807) is 0 Å². The number of phenols is 3. The molecule has 0 spiro atoms. The van der Waals surface area contributed by atoms with Gasteiger partial charge in [0.1, 0.15) is 0 Å². The van der Waals surface area contributed by atoms with Gasteiger partial charge in [0.25, 0.3) is 0 Å². The molecule has 0 saturated carbocycles. The third kappa shape index (κ3) is 3.22. The number of carboxylic acids is 1. The Balaban J connectivity index is -0.000000480. The molecule has 1 aromatic carbocycles. The fourth-order valence-corrected chi connectivity index (χ4v) is 0.728. The minimum atomic E-state index is -1.29. The second kappa shape index (κ2) is 5.92. The molecule has 0 saturated heterocycles. The number of carbonyl (C=O) groups is 1. The van der Waals surface area contributed by atoms with Gasteiger partial charge in [0.2, 0.25) is 0 Å². The van der Waals surface area contributed by atoms with E-state index >= 15 is 0 Å². The molecule has 7 heteroatoms. The van der Waals surface area contributed by atoms with E-state index in [-0.39, 0.29) is 45.3 Å². The van der Waals surface area contributed by atoms with Gasteiger partial charge in [-0.05, 0) is 12.1 Å². The quantitative estimate of drug-likeness (QED) is 0.326. The number of hydrogen-bond donors (Lipinski definition) is 4. The molecule has 0 aliphatic heterocycles. The van der Waals surface area contributed by atoms with Crippen LogP contribution in [0.1, 0.15) is 11.8 Å². The van der Waals surface area contributed by atoms with Gasteiger partial charge in [0.15, 0.2) is 17.2 Å². The van der Waals surface area contributed by atoms with Gasteiger partial charge in [-0.25, -0.2) is 4.79 Å². The summed E-state index contributed by atoms with van der Waals surface area (Å²) in [5.41, 5.74) is -0.289. The van der Waals surface area contributed by atoms with Crippen LogP contribution in [-0.2, 0) is 19.5 Å². The molecule has 0 atom stereocenters. The summed E-state index contributed by atoms with van der Waals surface area (Å²) in [6, 6.07) is 1.69. The Kier molecular flexibility index (Phi) is 6.67. The molecule has 0 radical (unpaired) electrons. The SMILES string of the molecule is O=C(O)c1cc(O)c(O)c(O)c1.[H-].[Li+].[Zn]. The van der Waals surface area contributed by atoms with Crippen molar-refractivity contribution in [1.29, 1.82) is 0 Å². The average molecular weight is 243 g/mol. The minimum absolute atomic E-state index is 0. The van der Waals surface area contributed by atoms with Gasteiger partial charge in [-0.2, -0.15) is 0 Å². The molecule has 0 fully saturated rings. The van der Waals surface area contributed by atoms with Crippen LogP contribution in [0.15, 0.2) is 12.1 Å². The van der Waals surface area contributed by atoms with Crippen LogP contribution in [0.25, 0.3) is 0 Å². The molecule has 4 N–H and O–H groups in total. The maximum absolute atomic E-state index is 10.3. The minimum Gasteiger partial charge on any atom is -1.00 e. The van der Waals surface area contributed by atoms with E-state index in [4.69, 9.17) is 20.4 Å². The molecule has 1 rings (SSSR count). The van der Waals surface area contributed by atoms with Crippen LogP contribution in [0, 0.1) is 0 Å². The predicted octanol–water partition coefficient (Wildman–Crippen LogP) is -2.38. The summed E-state index contributed by atoms with van der Waals surface area (Å²) in [4.78, 5) is 10.3. The molecule has 68 valence electrons. The molecule has 0 aliphatic rings. The maximum Gasteiger partial charge on any atom is 1.00 e. The molecule has 0 aromatic heterocycles. The first-order valence-electron chi connectivity index (χ1n) is 3.00. The topological polar surface area (TPSA) is 98.0 Å². The molecular formula is C7H7LiO5Zn. The Hall–Kier alpha value is -0.689. The van der Waals surface area contributed by atoms with Crippen LogP contribution < -0.4 is 18.9 Å². The Bertz CT molecular complexity index is 323. The van der Waals surface area contributed by atoms with Crippen LogP contribution in [0.4, 0.5) is 0 Å². The molecule has 14 heavy (non-hydrogen) atoms. The summed E-state index contributed by atoms with van der Waals surface area (Å²) in [5, 5.41) is 35.0. The molecule has 0 bridgehead atoms. The van der Waals surface area contributed by atoms with Crippen LogP contribution in [0.3, 0.4) is 0 Å². The first-order valence-corrected chi connectivity index (χ1v) is 3.00. The Morgan fingerprint density at radius 3 is 1.79 bits per heavy atom. The zero-order valence-electron chi connectivity index (χ0n) is 8.56. The van der Waals surface area contributed by atoms with Crippen molar-refractivity contribution < 1.29 is 65.0 Å². The summed E-state index contributed by atoms with van der Waals surface area (Å²) < 4.78 is 0. The van der Waals surface area contributed by atoms with Gasteiger partial charge >= 0.3 is 24.8 Å². The average Bonchev–Trinajstić information content (AvgIpc) is 1.99. The van der Waals surface area contributed by atoms with Gasteiger partial charge in [-0.3, -0.25) is 0 Å². The smallest absolute Gasteiger partial charge is 1.00 e. The molecule has 0 heterocycles. The second-order valence-corrected chi connectivity index (χ2v) is 2.17. The van der Waals surface area contributed by atoms with Crippen LogP contribution >= 0.6 is 0 Å². The number of aromatic carboxylic acids is 1. The first kappa shape index (κ1) is 15.8. The second-order valence-electron chi connectivity index (χ2n) is 2.17. The van der Waals surface area contributed by atoms with Crippen molar-refractivity contribution in [3.8, 4) is 17.2 Å². The summed E-state index contributed by atoms with van der Waals surface area (Å²) in [6.45, 7) is 0.